The number of nitrogens with one attached hydrogen (secondary N) is 3. The zero-order valence-electron chi connectivity index (χ0n) is 11.2. The molecule has 22 heavy (non-hydrogen) atoms. The largest absolute Gasteiger partial charge is 0.416 e. The molecule has 1 saturated heterocycles. The predicted octanol–water partition coefficient (Wildman–Crippen LogP) is 1.63. The predicted molar refractivity (Wildman–Crippen MR) is 69.8 cm³/mol. The molecule has 0 saturated carbocycles. The number of hydrogen-bond acceptors (Lipinski definition) is 3. The van der Waals surface area contributed by atoms with Crippen LogP contribution in [0.25, 0.3) is 0 Å². The number of rotatable bonds is 2. The summed E-state index contributed by atoms with van der Waals surface area (Å²) in [5, 5.41) is 6.74. The fourth-order valence-electron chi connectivity index (χ4n) is 1.90. The number of imide groups is 1. The van der Waals surface area contributed by atoms with E-state index in [-0.39, 0.29) is 18.5 Å². The van der Waals surface area contributed by atoms with Crippen LogP contribution in [0.1, 0.15) is 18.4 Å². The van der Waals surface area contributed by atoms with Gasteiger partial charge in [0.05, 0.1) is 5.56 Å². The molecule has 2 rings (SSSR count). The number of piperidine rings is 1. The van der Waals surface area contributed by atoms with Gasteiger partial charge in [-0.25, -0.2) is 4.79 Å². The molecule has 9 heteroatoms. The summed E-state index contributed by atoms with van der Waals surface area (Å²) in [6.45, 7) is 0. The van der Waals surface area contributed by atoms with Crippen LogP contribution in [0.4, 0.5) is 23.7 Å². The van der Waals surface area contributed by atoms with E-state index in [1.165, 1.54) is 0 Å². The second-order valence-corrected chi connectivity index (χ2v) is 4.68. The summed E-state index contributed by atoms with van der Waals surface area (Å²) in [6, 6.07) is 2.28. The fourth-order valence-corrected chi connectivity index (χ4v) is 1.90. The third-order valence-electron chi connectivity index (χ3n) is 3.01. The number of carbonyl (C=O) groups is 3. The molecular weight excluding hydrogens is 303 g/mol. The van der Waals surface area contributed by atoms with E-state index in [2.05, 4.69) is 16.0 Å². The highest BCUT2D eigenvalue weighted by Crippen LogP contribution is 2.29. The topological polar surface area (TPSA) is 87.3 Å². The first kappa shape index (κ1) is 15.8. The lowest BCUT2D eigenvalue weighted by atomic mass is 10.1. The Labute approximate surface area is 123 Å². The molecule has 1 atom stereocenters. The Balaban J connectivity index is 1.92. The van der Waals surface area contributed by atoms with Crippen molar-refractivity contribution >= 4 is 23.5 Å². The van der Waals surface area contributed by atoms with Crippen LogP contribution in [-0.4, -0.2) is 23.9 Å². The van der Waals surface area contributed by atoms with Crippen LogP contribution < -0.4 is 16.0 Å². The molecule has 1 aliphatic rings. The van der Waals surface area contributed by atoms with Gasteiger partial charge in [0, 0.05) is 12.1 Å². The molecule has 6 nitrogen and oxygen atoms in total. The highest BCUT2D eigenvalue weighted by atomic mass is 19.4. The molecule has 0 spiro atoms. The first-order valence-corrected chi connectivity index (χ1v) is 6.34. The van der Waals surface area contributed by atoms with Crippen molar-refractivity contribution < 1.29 is 27.6 Å². The Morgan fingerprint density at radius 1 is 1.18 bits per heavy atom. The Bertz CT molecular complexity index is 599. The van der Waals surface area contributed by atoms with Crippen LogP contribution in [0.2, 0.25) is 0 Å². The number of halogens is 3. The second-order valence-electron chi connectivity index (χ2n) is 4.68. The van der Waals surface area contributed by atoms with E-state index in [9.17, 15) is 27.6 Å². The number of hydrogen-bond donors (Lipinski definition) is 3. The molecule has 0 aliphatic carbocycles. The lowest BCUT2D eigenvalue weighted by Gasteiger charge is -2.21. The molecule has 1 fully saturated rings. The van der Waals surface area contributed by atoms with Crippen molar-refractivity contribution in [1.29, 1.82) is 0 Å². The average molecular weight is 315 g/mol. The second kappa shape index (κ2) is 6.04. The standard InChI is InChI=1S/C13H12F3N3O3/c14-13(15,16)7-1-3-8(4-2-7)17-12(22)18-9-5-6-10(20)19-11(9)21/h1-4,9H,5-6H2,(H2,17,18,22)(H,19,20,21)/t9-/m0/s1. The van der Waals surface area contributed by atoms with Crippen LogP contribution in [0.15, 0.2) is 24.3 Å². The minimum atomic E-state index is -4.45. The van der Waals surface area contributed by atoms with Gasteiger partial charge >= 0.3 is 12.2 Å². The quantitative estimate of drug-likeness (QED) is 0.725. The highest BCUT2D eigenvalue weighted by Gasteiger charge is 2.30. The van der Waals surface area contributed by atoms with E-state index in [4.69, 9.17) is 0 Å². The van der Waals surface area contributed by atoms with Gasteiger partial charge in [-0.1, -0.05) is 0 Å². The number of alkyl halides is 3. The molecule has 3 N–H and O–H groups in total. The monoisotopic (exact) mass is 315 g/mol. The van der Waals surface area contributed by atoms with E-state index in [1.54, 1.807) is 0 Å². The maximum atomic E-state index is 12.4. The summed E-state index contributed by atoms with van der Waals surface area (Å²) >= 11 is 0. The molecule has 4 amide bonds. The minimum absolute atomic E-state index is 0.108. The van der Waals surface area contributed by atoms with Gasteiger partial charge in [-0.3, -0.25) is 14.9 Å². The SMILES string of the molecule is O=C1CC[C@H](NC(=O)Nc2ccc(C(F)(F)F)cc2)C(=O)N1. The lowest BCUT2D eigenvalue weighted by Crippen LogP contribution is -2.53. The van der Waals surface area contributed by atoms with Crippen molar-refractivity contribution in [2.24, 2.45) is 0 Å². The van der Waals surface area contributed by atoms with Crippen LogP contribution in [0.3, 0.4) is 0 Å². The molecular formula is C13H12F3N3O3. The third-order valence-corrected chi connectivity index (χ3v) is 3.01. The summed E-state index contributed by atoms with van der Waals surface area (Å²) in [7, 11) is 0. The highest BCUT2D eigenvalue weighted by molar-refractivity contribution is 6.02. The Kier molecular flexibility index (Phi) is 4.34. The van der Waals surface area contributed by atoms with Crippen molar-refractivity contribution in [2.45, 2.75) is 25.1 Å². The number of carbonyl (C=O) groups excluding carboxylic acids is 3. The van der Waals surface area contributed by atoms with Gasteiger partial charge in [0.1, 0.15) is 6.04 Å². The molecule has 0 aromatic heterocycles. The maximum absolute atomic E-state index is 12.4. The zero-order chi connectivity index (χ0) is 16.3. The smallest absolute Gasteiger partial charge is 0.326 e. The molecule has 0 radical (unpaired) electrons. The Hall–Kier alpha value is -2.58. The number of urea groups is 1. The molecule has 0 unspecified atom stereocenters. The fraction of sp³-hybridized carbons (Fsp3) is 0.308. The molecule has 1 aromatic rings. The number of amides is 4. The number of anilines is 1. The number of benzene rings is 1. The van der Waals surface area contributed by atoms with Gasteiger partial charge in [0.15, 0.2) is 0 Å². The zero-order valence-corrected chi connectivity index (χ0v) is 11.2. The van der Waals surface area contributed by atoms with Crippen molar-refractivity contribution in [1.82, 2.24) is 10.6 Å². The van der Waals surface area contributed by atoms with Gasteiger partial charge in [0.25, 0.3) is 0 Å². The van der Waals surface area contributed by atoms with Crippen molar-refractivity contribution in [3.63, 3.8) is 0 Å². The first-order chi connectivity index (χ1) is 10.3. The summed E-state index contributed by atoms with van der Waals surface area (Å²) in [6.07, 6.45) is -4.17. The van der Waals surface area contributed by atoms with Crippen LogP contribution in [0, 0.1) is 0 Å². The van der Waals surface area contributed by atoms with Crippen molar-refractivity contribution in [2.75, 3.05) is 5.32 Å². The summed E-state index contributed by atoms with van der Waals surface area (Å²) in [4.78, 5) is 34.1. The lowest BCUT2D eigenvalue weighted by molar-refractivity contribution is -0.138. The van der Waals surface area contributed by atoms with Crippen LogP contribution in [0.5, 0.6) is 0 Å². The van der Waals surface area contributed by atoms with E-state index in [0.29, 0.717) is 0 Å². The van der Waals surface area contributed by atoms with E-state index >= 15 is 0 Å². The van der Waals surface area contributed by atoms with E-state index in [1.807, 2.05) is 0 Å². The normalized spacial score (nSPS) is 18.6. The Morgan fingerprint density at radius 2 is 1.82 bits per heavy atom. The maximum Gasteiger partial charge on any atom is 0.416 e. The van der Waals surface area contributed by atoms with Gasteiger partial charge in [-0.15, -0.1) is 0 Å². The van der Waals surface area contributed by atoms with Crippen LogP contribution >= 0.6 is 0 Å². The van der Waals surface area contributed by atoms with Crippen molar-refractivity contribution in [3.05, 3.63) is 29.8 Å². The van der Waals surface area contributed by atoms with E-state index < -0.39 is 35.6 Å². The van der Waals surface area contributed by atoms with Gasteiger partial charge < -0.3 is 10.6 Å². The average Bonchev–Trinajstić information content (AvgIpc) is 2.41. The molecule has 0 bridgehead atoms. The third kappa shape index (κ3) is 3.96. The summed E-state index contributed by atoms with van der Waals surface area (Å²) in [5.41, 5.74) is -0.679. The summed E-state index contributed by atoms with van der Waals surface area (Å²) in [5.74, 6) is -1.02. The van der Waals surface area contributed by atoms with Gasteiger partial charge in [-0.05, 0) is 30.7 Å². The minimum Gasteiger partial charge on any atom is -0.326 e. The molecule has 118 valence electrons. The van der Waals surface area contributed by atoms with Crippen LogP contribution in [-0.2, 0) is 15.8 Å². The summed E-state index contributed by atoms with van der Waals surface area (Å²) < 4.78 is 37.2. The molecule has 1 aliphatic heterocycles. The van der Waals surface area contributed by atoms with Gasteiger partial charge in [-0.2, -0.15) is 13.2 Å². The van der Waals surface area contributed by atoms with Gasteiger partial charge in [0.2, 0.25) is 11.8 Å². The molecule has 1 aromatic carbocycles. The molecule has 1 heterocycles. The Morgan fingerprint density at radius 3 is 2.36 bits per heavy atom. The first-order valence-electron chi connectivity index (χ1n) is 6.34. The van der Waals surface area contributed by atoms with Crippen molar-refractivity contribution in [3.8, 4) is 0 Å². The van der Waals surface area contributed by atoms with E-state index in [0.717, 1.165) is 24.3 Å².